The van der Waals surface area contributed by atoms with Crippen molar-refractivity contribution in [2.24, 2.45) is 41.4 Å². The van der Waals surface area contributed by atoms with Crippen LogP contribution in [0.4, 0.5) is 0 Å². The van der Waals surface area contributed by atoms with E-state index in [9.17, 15) is 5.26 Å². The standard InChI is InChI=1S/C24H35N/c1-5-19-10-11-22-23(14-19)17(3)21(12-13-25)18(4)24(22)15-20-8-6-16(2)7-9-20/h6-9,17-19,21-24H,5,10-12,14-15H2,1-4H3/t17-,18?,19-,21-,22?,23-,24+/m0/s1. The summed E-state index contributed by atoms with van der Waals surface area (Å²) in [5.74, 6) is 5.32. The van der Waals surface area contributed by atoms with E-state index in [0.29, 0.717) is 17.8 Å². The third-order valence-electron chi connectivity index (χ3n) is 7.81. The summed E-state index contributed by atoms with van der Waals surface area (Å²) in [5.41, 5.74) is 2.84. The van der Waals surface area contributed by atoms with Crippen molar-refractivity contribution < 1.29 is 0 Å². The molecule has 2 saturated carbocycles. The summed E-state index contributed by atoms with van der Waals surface area (Å²) in [6, 6.07) is 11.7. The Morgan fingerprint density at radius 2 is 1.72 bits per heavy atom. The Bertz CT molecular complexity index is 596. The first-order valence-electron chi connectivity index (χ1n) is 10.5. The largest absolute Gasteiger partial charge is 0.198 e. The van der Waals surface area contributed by atoms with Gasteiger partial charge < -0.3 is 0 Å². The van der Waals surface area contributed by atoms with Gasteiger partial charge in [0.15, 0.2) is 0 Å². The number of benzene rings is 1. The summed E-state index contributed by atoms with van der Waals surface area (Å²) in [7, 11) is 0. The van der Waals surface area contributed by atoms with Crippen molar-refractivity contribution >= 4 is 0 Å². The molecule has 0 saturated heterocycles. The smallest absolute Gasteiger partial charge is 0.0624 e. The quantitative estimate of drug-likeness (QED) is 0.622. The minimum absolute atomic E-state index is 0.581. The van der Waals surface area contributed by atoms with Crippen molar-refractivity contribution in [1.82, 2.24) is 0 Å². The Balaban J connectivity index is 1.85. The molecular formula is C24H35N. The lowest BCUT2D eigenvalue weighted by Crippen LogP contribution is -2.47. The molecule has 3 rings (SSSR count). The van der Waals surface area contributed by atoms with Crippen LogP contribution < -0.4 is 0 Å². The Hall–Kier alpha value is -1.29. The predicted molar refractivity (Wildman–Crippen MR) is 105 cm³/mol. The maximum Gasteiger partial charge on any atom is 0.0624 e. The second kappa shape index (κ2) is 7.94. The number of hydrogen-bond acceptors (Lipinski definition) is 1. The minimum Gasteiger partial charge on any atom is -0.198 e. The Kier molecular flexibility index (Phi) is 5.88. The number of hydrogen-bond donors (Lipinski definition) is 0. The molecule has 136 valence electrons. The number of nitriles is 1. The van der Waals surface area contributed by atoms with E-state index in [1.807, 2.05) is 0 Å². The van der Waals surface area contributed by atoms with Crippen LogP contribution in [0.15, 0.2) is 24.3 Å². The fraction of sp³-hybridized carbons (Fsp3) is 0.708. The molecule has 2 aliphatic rings. The minimum atomic E-state index is 0.581. The summed E-state index contributed by atoms with van der Waals surface area (Å²) in [4.78, 5) is 0. The van der Waals surface area contributed by atoms with E-state index in [1.54, 1.807) is 0 Å². The van der Waals surface area contributed by atoms with Gasteiger partial charge in [-0.05, 0) is 73.2 Å². The van der Waals surface area contributed by atoms with Crippen molar-refractivity contribution in [2.75, 3.05) is 0 Å². The lowest BCUT2D eigenvalue weighted by Gasteiger charge is -2.53. The maximum atomic E-state index is 9.40. The Labute approximate surface area is 154 Å². The zero-order valence-corrected chi connectivity index (χ0v) is 16.5. The maximum absolute atomic E-state index is 9.40. The summed E-state index contributed by atoms with van der Waals surface area (Å²) in [6.45, 7) is 9.42. The summed E-state index contributed by atoms with van der Waals surface area (Å²) < 4.78 is 0. The van der Waals surface area contributed by atoms with Gasteiger partial charge in [0.1, 0.15) is 0 Å². The fourth-order valence-corrected chi connectivity index (χ4v) is 6.14. The highest BCUT2D eigenvalue weighted by Crippen LogP contribution is 2.54. The number of rotatable bonds is 4. The summed E-state index contributed by atoms with van der Waals surface area (Å²) in [6.07, 6.45) is 7.51. The van der Waals surface area contributed by atoms with E-state index < -0.39 is 0 Å². The lowest BCUT2D eigenvalue weighted by atomic mass is 9.51. The lowest BCUT2D eigenvalue weighted by molar-refractivity contribution is -0.0406. The van der Waals surface area contributed by atoms with Crippen molar-refractivity contribution in [2.45, 2.75) is 66.2 Å². The third kappa shape index (κ3) is 3.79. The van der Waals surface area contributed by atoms with Crippen molar-refractivity contribution in [3.8, 4) is 6.07 Å². The average molecular weight is 338 g/mol. The van der Waals surface area contributed by atoms with Gasteiger partial charge >= 0.3 is 0 Å². The van der Waals surface area contributed by atoms with Crippen molar-refractivity contribution in [3.05, 3.63) is 35.4 Å². The highest BCUT2D eigenvalue weighted by molar-refractivity contribution is 5.22. The molecule has 2 fully saturated rings. The normalized spacial score (nSPS) is 38.0. The van der Waals surface area contributed by atoms with Gasteiger partial charge in [-0.25, -0.2) is 0 Å². The molecule has 2 unspecified atom stereocenters. The first-order chi connectivity index (χ1) is 12.0. The van der Waals surface area contributed by atoms with Crippen LogP contribution in [0.5, 0.6) is 0 Å². The summed E-state index contributed by atoms with van der Waals surface area (Å²) in [5, 5.41) is 9.40. The van der Waals surface area contributed by atoms with Crippen molar-refractivity contribution in [3.63, 3.8) is 0 Å². The van der Waals surface area contributed by atoms with E-state index in [2.05, 4.69) is 58.0 Å². The van der Waals surface area contributed by atoms with Crippen LogP contribution in [0, 0.1) is 59.7 Å². The molecule has 0 bridgehead atoms. The molecular weight excluding hydrogens is 302 g/mol. The van der Waals surface area contributed by atoms with Gasteiger partial charge in [-0.1, -0.05) is 63.4 Å². The number of aryl methyl sites for hydroxylation is 1. The zero-order chi connectivity index (χ0) is 18.0. The molecule has 0 spiro atoms. The first kappa shape index (κ1) is 18.5. The second-order valence-electron chi connectivity index (χ2n) is 9.01. The average Bonchev–Trinajstić information content (AvgIpc) is 2.63. The fourth-order valence-electron chi connectivity index (χ4n) is 6.14. The van der Waals surface area contributed by atoms with E-state index >= 15 is 0 Å². The summed E-state index contributed by atoms with van der Waals surface area (Å²) >= 11 is 0. The molecule has 7 atom stereocenters. The molecule has 1 heteroatoms. The van der Waals surface area contributed by atoms with Gasteiger partial charge in [0.05, 0.1) is 6.07 Å². The molecule has 0 heterocycles. The highest BCUT2D eigenvalue weighted by Gasteiger charge is 2.48. The molecule has 2 aliphatic carbocycles. The molecule has 0 radical (unpaired) electrons. The highest BCUT2D eigenvalue weighted by atomic mass is 14.5. The van der Waals surface area contributed by atoms with Crippen LogP contribution in [0.1, 0.15) is 64.0 Å². The molecule has 1 aromatic rings. The van der Waals surface area contributed by atoms with E-state index in [0.717, 1.165) is 30.1 Å². The van der Waals surface area contributed by atoms with Gasteiger partial charge in [0.2, 0.25) is 0 Å². The number of fused-ring (bicyclic) bond motifs is 1. The molecule has 1 nitrogen and oxygen atoms in total. The van der Waals surface area contributed by atoms with Crippen molar-refractivity contribution in [1.29, 1.82) is 5.26 Å². The zero-order valence-electron chi connectivity index (χ0n) is 16.5. The van der Waals surface area contributed by atoms with Crippen LogP contribution in [-0.2, 0) is 6.42 Å². The van der Waals surface area contributed by atoms with Crippen LogP contribution >= 0.6 is 0 Å². The van der Waals surface area contributed by atoms with Crippen LogP contribution in [-0.4, -0.2) is 0 Å². The predicted octanol–water partition coefficient (Wildman–Crippen LogP) is 6.41. The van der Waals surface area contributed by atoms with Crippen LogP contribution in [0.25, 0.3) is 0 Å². The van der Waals surface area contributed by atoms with Gasteiger partial charge in [-0.3, -0.25) is 0 Å². The topological polar surface area (TPSA) is 23.8 Å². The van der Waals surface area contributed by atoms with Crippen LogP contribution in [0.3, 0.4) is 0 Å². The molecule has 0 aliphatic heterocycles. The van der Waals surface area contributed by atoms with Gasteiger partial charge in [-0.15, -0.1) is 0 Å². The van der Waals surface area contributed by atoms with E-state index in [-0.39, 0.29) is 0 Å². The number of nitrogens with zero attached hydrogens (tertiary/aromatic N) is 1. The van der Waals surface area contributed by atoms with Gasteiger partial charge in [0.25, 0.3) is 0 Å². The third-order valence-corrected chi connectivity index (χ3v) is 7.81. The van der Waals surface area contributed by atoms with Gasteiger partial charge in [0, 0.05) is 6.42 Å². The monoisotopic (exact) mass is 337 g/mol. The molecule has 25 heavy (non-hydrogen) atoms. The molecule has 0 amide bonds. The van der Waals surface area contributed by atoms with Crippen LogP contribution in [0.2, 0.25) is 0 Å². The first-order valence-corrected chi connectivity index (χ1v) is 10.5. The molecule has 0 aromatic heterocycles. The Morgan fingerprint density at radius 1 is 1.00 bits per heavy atom. The van der Waals surface area contributed by atoms with Gasteiger partial charge in [-0.2, -0.15) is 5.26 Å². The SMILES string of the molecule is CC[C@H]1CCC2[C@H](Cc3ccc(C)cc3)C(C)[C@@H](CC#N)[C@H](C)[C@@H]2C1. The molecule has 0 N–H and O–H groups in total. The molecule has 1 aromatic carbocycles. The second-order valence-corrected chi connectivity index (χ2v) is 9.01. The Morgan fingerprint density at radius 3 is 2.36 bits per heavy atom. The van der Waals surface area contributed by atoms with E-state index in [4.69, 9.17) is 0 Å². The van der Waals surface area contributed by atoms with E-state index in [1.165, 1.54) is 43.2 Å².